The summed E-state index contributed by atoms with van der Waals surface area (Å²) < 4.78 is 0. The monoisotopic (exact) mass is 249 g/mol. The van der Waals surface area contributed by atoms with E-state index in [1.54, 1.807) is 18.6 Å². The van der Waals surface area contributed by atoms with Crippen LogP contribution in [0.5, 0.6) is 0 Å². The summed E-state index contributed by atoms with van der Waals surface area (Å²) in [5, 5.41) is 0. The van der Waals surface area contributed by atoms with Crippen LogP contribution in [-0.4, -0.2) is 15.0 Å². The third-order valence-electron chi connectivity index (χ3n) is 2.72. The molecule has 0 unspecified atom stereocenters. The maximum Gasteiger partial charge on any atom is 0.0796 e. The molecule has 0 saturated carbocycles. The van der Waals surface area contributed by atoms with Crippen molar-refractivity contribution in [1.29, 1.82) is 0 Å². The molecule has 0 amide bonds. The summed E-state index contributed by atoms with van der Waals surface area (Å²) >= 11 is 0. The highest BCUT2D eigenvalue weighted by Gasteiger charge is 2.07. The summed E-state index contributed by atoms with van der Waals surface area (Å²) in [6.07, 6.45) is 8.99. The van der Waals surface area contributed by atoms with E-state index in [0.717, 1.165) is 22.4 Å². The van der Waals surface area contributed by atoms with Gasteiger partial charge in [0, 0.05) is 47.7 Å². The highest BCUT2D eigenvalue weighted by atomic mass is 14.7. The number of hydrogen-bond acceptors (Lipinski definition) is 3. The van der Waals surface area contributed by atoms with Crippen LogP contribution in [0.4, 0.5) is 0 Å². The van der Waals surface area contributed by atoms with Crippen LogP contribution in [0, 0.1) is 0 Å². The van der Waals surface area contributed by atoms with E-state index in [2.05, 4.69) is 15.0 Å². The van der Waals surface area contributed by atoms with E-state index < -0.39 is 0 Å². The Kier molecular flexibility index (Phi) is 3.98. The lowest BCUT2D eigenvalue weighted by Crippen LogP contribution is -1.89. The maximum absolute atomic E-state index is 4.46. The molecular formula is C16H15N3. The van der Waals surface area contributed by atoms with Crippen molar-refractivity contribution >= 4 is 0 Å². The quantitative estimate of drug-likeness (QED) is 0.692. The van der Waals surface area contributed by atoms with Crippen molar-refractivity contribution < 1.29 is 0 Å². The zero-order chi connectivity index (χ0) is 12.2. The molecule has 3 aromatic heterocycles. The van der Waals surface area contributed by atoms with Crippen molar-refractivity contribution in [2.75, 3.05) is 0 Å². The lowest BCUT2D eigenvalue weighted by Gasteiger charge is -2.07. The minimum atomic E-state index is 0. The van der Waals surface area contributed by atoms with Gasteiger partial charge >= 0.3 is 0 Å². The van der Waals surface area contributed by atoms with Gasteiger partial charge in [-0.15, -0.1) is 0 Å². The van der Waals surface area contributed by atoms with E-state index in [1.165, 1.54) is 0 Å². The summed E-state index contributed by atoms with van der Waals surface area (Å²) in [5.74, 6) is 0. The number of pyridine rings is 3. The molecular weight excluding hydrogens is 234 g/mol. The van der Waals surface area contributed by atoms with E-state index in [0.29, 0.717) is 0 Å². The van der Waals surface area contributed by atoms with Crippen molar-refractivity contribution in [2.24, 2.45) is 0 Å². The van der Waals surface area contributed by atoms with Gasteiger partial charge in [-0.3, -0.25) is 15.0 Å². The molecule has 3 heterocycles. The van der Waals surface area contributed by atoms with Gasteiger partial charge < -0.3 is 0 Å². The first-order valence-electron chi connectivity index (χ1n) is 5.71. The van der Waals surface area contributed by atoms with Crippen LogP contribution in [-0.2, 0) is 0 Å². The zero-order valence-corrected chi connectivity index (χ0v) is 9.69. The molecule has 0 spiro atoms. The van der Waals surface area contributed by atoms with Crippen molar-refractivity contribution in [1.82, 2.24) is 15.0 Å². The average Bonchev–Trinajstić information content (AvgIpc) is 2.49. The maximum atomic E-state index is 4.46. The minimum Gasteiger partial charge on any atom is -0.264 e. The normalized spacial score (nSPS) is 9.68. The fraction of sp³-hybridized carbons (Fsp3) is 0.0625. The SMILES string of the molecule is C.c1cncc(-c2cccnc2-c2cccnc2)c1. The molecule has 0 bridgehead atoms. The van der Waals surface area contributed by atoms with Gasteiger partial charge in [0.05, 0.1) is 5.69 Å². The molecule has 3 heteroatoms. The molecule has 3 aromatic rings. The minimum absolute atomic E-state index is 0. The predicted octanol–water partition coefficient (Wildman–Crippen LogP) is 3.84. The van der Waals surface area contributed by atoms with Gasteiger partial charge in [-0.1, -0.05) is 19.6 Å². The summed E-state index contributed by atoms with van der Waals surface area (Å²) in [6.45, 7) is 0. The molecule has 0 aliphatic carbocycles. The smallest absolute Gasteiger partial charge is 0.0796 e. The molecule has 0 radical (unpaired) electrons. The summed E-state index contributed by atoms with van der Waals surface area (Å²) in [4.78, 5) is 12.8. The highest BCUT2D eigenvalue weighted by Crippen LogP contribution is 2.28. The number of rotatable bonds is 2. The van der Waals surface area contributed by atoms with Crippen LogP contribution in [0.1, 0.15) is 7.43 Å². The largest absolute Gasteiger partial charge is 0.264 e. The second-order valence-electron chi connectivity index (χ2n) is 3.88. The molecule has 0 aliphatic heterocycles. The van der Waals surface area contributed by atoms with Gasteiger partial charge in [0.1, 0.15) is 0 Å². The number of nitrogens with zero attached hydrogens (tertiary/aromatic N) is 3. The summed E-state index contributed by atoms with van der Waals surface area (Å²) in [6, 6.07) is 11.9. The lowest BCUT2D eigenvalue weighted by atomic mass is 10.0. The van der Waals surface area contributed by atoms with E-state index in [-0.39, 0.29) is 7.43 Å². The van der Waals surface area contributed by atoms with Crippen LogP contribution in [0.25, 0.3) is 22.4 Å². The van der Waals surface area contributed by atoms with Gasteiger partial charge in [-0.2, -0.15) is 0 Å². The third-order valence-corrected chi connectivity index (χ3v) is 2.72. The van der Waals surface area contributed by atoms with Gasteiger partial charge in [0.25, 0.3) is 0 Å². The molecule has 0 aromatic carbocycles. The van der Waals surface area contributed by atoms with E-state index in [9.17, 15) is 0 Å². The fourth-order valence-electron chi connectivity index (χ4n) is 1.89. The average molecular weight is 249 g/mol. The Bertz CT molecular complexity index is 578. The molecule has 3 rings (SSSR count). The molecule has 94 valence electrons. The van der Waals surface area contributed by atoms with Crippen LogP contribution in [0.15, 0.2) is 67.4 Å². The second kappa shape index (κ2) is 5.87. The molecule has 3 nitrogen and oxygen atoms in total. The third kappa shape index (κ3) is 2.65. The Morgan fingerprint density at radius 1 is 0.684 bits per heavy atom. The highest BCUT2D eigenvalue weighted by molar-refractivity contribution is 5.79. The van der Waals surface area contributed by atoms with Crippen molar-refractivity contribution in [3.05, 3.63) is 67.4 Å². The van der Waals surface area contributed by atoms with Crippen molar-refractivity contribution in [3.8, 4) is 22.4 Å². The van der Waals surface area contributed by atoms with Gasteiger partial charge in [-0.25, -0.2) is 0 Å². The number of hydrogen-bond donors (Lipinski definition) is 0. The summed E-state index contributed by atoms with van der Waals surface area (Å²) in [7, 11) is 0. The predicted molar refractivity (Wildman–Crippen MR) is 77.4 cm³/mol. The molecule has 0 atom stereocenters. The van der Waals surface area contributed by atoms with E-state index in [1.807, 2.05) is 48.8 Å². The Hall–Kier alpha value is -2.55. The Morgan fingerprint density at radius 3 is 1.95 bits per heavy atom. The number of aromatic nitrogens is 3. The van der Waals surface area contributed by atoms with Crippen LogP contribution in [0.2, 0.25) is 0 Å². The summed E-state index contributed by atoms with van der Waals surface area (Å²) in [5.41, 5.74) is 4.07. The van der Waals surface area contributed by atoms with Gasteiger partial charge in [-0.05, 0) is 24.3 Å². The second-order valence-corrected chi connectivity index (χ2v) is 3.88. The topological polar surface area (TPSA) is 38.7 Å². The Morgan fingerprint density at radius 2 is 1.32 bits per heavy atom. The van der Waals surface area contributed by atoms with E-state index >= 15 is 0 Å². The Balaban J connectivity index is 0.00000133. The molecule has 0 aliphatic rings. The molecule has 19 heavy (non-hydrogen) atoms. The van der Waals surface area contributed by atoms with E-state index in [4.69, 9.17) is 0 Å². The van der Waals surface area contributed by atoms with Crippen LogP contribution in [0.3, 0.4) is 0 Å². The standard InChI is InChI=1S/C15H11N3.CH4/c1-4-12(10-16-7-1)14-6-3-9-18-15(14)13-5-2-8-17-11-13;/h1-11H;1H4. The van der Waals surface area contributed by atoms with Crippen LogP contribution < -0.4 is 0 Å². The molecule has 0 N–H and O–H groups in total. The lowest BCUT2D eigenvalue weighted by molar-refractivity contribution is 1.27. The first-order valence-corrected chi connectivity index (χ1v) is 5.71. The van der Waals surface area contributed by atoms with Gasteiger partial charge in [0.2, 0.25) is 0 Å². The zero-order valence-electron chi connectivity index (χ0n) is 9.69. The van der Waals surface area contributed by atoms with Crippen LogP contribution >= 0.6 is 0 Å². The van der Waals surface area contributed by atoms with Gasteiger partial charge in [0.15, 0.2) is 0 Å². The fourth-order valence-corrected chi connectivity index (χ4v) is 1.89. The van der Waals surface area contributed by atoms with Crippen molar-refractivity contribution in [2.45, 2.75) is 7.43 Å². The first kappa shape index (κ1) is 12.9. The van der Waals surface area contributed by atoms with Crippen molar-refractivity contribution in [3.63, 3.8) is 0 Å². The molecule has 0 saturated heterocycles. The molecule has 0 fully saturated rings. The Labute approximate surface area is 113 Å². The first-order chi connectivity index (χ1) is 8.95.